The van der Waals surface area contributed by atoms with E-state index in [2.05, 4.69) is 5.32 Å². The Bertz CT molecular complexity index is 1140. The molecule has 3 aromatic rings. The standard InChI is InChI=1S/C21H22N4O5/c1-4-23-14(3)24(19-12-15(10-11-18(19)23)21(27)30-5-2)13-20(26)22-16-8-6-7-9-17(16)25(28)29/h6-12H,4-5,13H2,1-3H3/p+1. The average Bonchev–Trinajstić information content (AvgIpc) is 2.98. The minimum atomic E-state index is -0.539. The number of imidazole rings is 1. The summed E-state index contributed by atoms with van der Waals surface area (Å²) in [5, 5.41) is 13.8. The van der Waals surface area contributed by atoms with Gasteiger partial charge in [-0.05, 0) is 32.0 Å². The largest absolute Gasteiger partial charge is 0.462 e. The number of rotatable bonds is 7. The van der Waals surface area contributed by atoms with Gasteiger partial charge in [-0.25, -0.2) is 13.9 Å². The highest BCUT2D eigenvalue weighted by Gasteiger charge is 2.25. The number of nitrogens with one attached hydrogen (secondary N) is 1. The van der Waals surface area contributed by atoms with Gasteiger partial charge in [-0.15, -0.1) is 0 Å². The van der Waals surface area contributed by atoms with E-state index in [0.717, 1.165) is 11.3 Å². The molecule has 0 bridgehead atoms. The van der Waals surface area contributed by atoms with Crippen LogP contribution in [0.1, 0.15) is 30.0 Å². The fraction of sp³-hybridized carbons (Fsp3) is 0.286. The summed E-state index contributed by atoms with van der Waals surface area (Å²) in [6, 6.07) is 11.2. The minimum Gasteiger partial charge on any atom is -0.462 e. The van der Waals surface area contributed by atoms with Crippen LogP contribution in [-0.4, -0.2) is 28.0 Å². The zero-order chi connectivity index (χ0) is 21.8. The van der Waals surface area contributed by atoms with Crippen LogP contribution in [0.25, 0.3) is 11.0 Å². The van der Waals surface area contributed by atoms with E-state index in [0.29, 0.717) is 17.6 Å². The van der Waals surface area contributed by atoms with Crippen LogP contribution in [0.5, 0.6) is 0 Å². The van der Waals surface area contributed by atoms with Gasteiger partial charge >= 0.3 is 5.97 Å². The van der Waals surface area contributed by atoms with E-state index in [4.69, 9.17) is 4.74 Å². The van der Waals surface area contributed by atoms with Crippen molar-refractivity contribution in [2.24, 2.45) is 0 Å². The number of aromatic nitrogens is 2. The Kier molecular flexibility index (Phi) is 6.10. The minimum absolute atomic E-state index is 0.0618. The number of carbonyl (C=O) groups excluding carboxylic acids is 2. The van der Waals surface area contributed by atoms with Crippen molar-refractivity contribution in [2.75, 3.05) is 11.9 Å². The van der Waals surface area contributed by atoms with Crippen molar-refractivity contribution in [3.8, 4) is 0 Å². The van der Waals surface area contributed by atoms with Crippen LogP contribution in [0.2, 0.25) is 0 Å². The van der Waals surface area contributed by atoms with Gasteiger partial charge in [0.25, 0.3) is 17.4 Å². The third-order valence-electron chi connectivity index (χ3n) is 4.84. The number of para-hydroxylation sites is 2. The molecule has 0 saturated carbocycles. The highest BCUT2D eigenvalue weighted by Crippen LogP contribution is 2.23. The molecule has 1 aromatic heterocycles. The number of aryl methyl sites for hydroxylation is 1. The monoisotopic (exact) mass is 411 g/mol. The summed E-state index contributed by atoms with van der Waals surface area (Å²) < 4.78 is 8.89. The number of hydrogen-bond acceptors (Lipinski definition) is 5. The fourth-order valence-corrected chi connectivity index (χ4v) is 3.47. The van der Waals surface area contributed by atoms with Gasteiger partial charge in [0.2, 0.25) is 0 Å². The number of carbonyl (C=O) groups is 2. The molecule has 30 heavy (non-hydrogen) atoms. The van der Waals surface area contributed by atoms with E-state index in [9.17, 15) is 19.7 Å². The Labute approximate surface area is 173 Å². The van der Waals surface area contributed by atoms with Crippen LogP contribution in [0.4, 0.5) is 11.4 Å². The van der Waals surface area contributed by atoms with E-state index < -0.39 is 16.8 Å². The molecule has 0 radical (unpaired) electrons. The third kappa shape index (κ3) is 4.00. The quantitative estimate of drug-likeness (QED) is 0.278. The molecule has 0 spiro atoms. The van der Waals surface area contributed by atoms with Crippen LogP contribution in [0.15, 0.2) is 42.5 Å². The van der Waals surface area contributed by atoms with Gasteiger partial charge in [-0.2, -0.15) is 0 Å². The molecule has 0 aliphatic heterocycles. The normalized spacial score (nSPS) is 10.8. The van der Waals surface area contributed by atoms with E-state index in [1.807, 2.05) is 24.5 Å². The van der Waals surface area contributed by atoms with Gasteiger partial charge in [-0.1, -0.05) is 12.1 Å². The second-order valence-corrected chi connectivity index (χ2v) is 6.62. The van der Waals surface area contributed by atoms with E-state index >= 15 is 0 Å². The van der Waals surface area contributed by atoms with Gasteiger partial charge in [0.1, 0.15) is 5.69 Å². The molecule has 0 saturated heterocycles. The van der Waals surface area contributed by atoms with Crippen molar-refractivity contribution in [3.63, 3.8) is 0 Å². The van der Waals surface area contributed by atoms with Crippen LogP contribution >= 0.6 is 0 Å². The molecule has 0 aliphatic carbocycles. The predicted octanol–water partition coefficient (Wildman–Crippen LogP) is 2.98. The Hall–Kier alpha value is -3.75. The van der Waals surface area contributed by atoms with Crippen molar-refractivity contribution < 1.29 is 23.8 Å². The Morgan fingerprint density at radius 2 is 1.93 bits per heavy atom. The number of hydrogen-bond donors (Lipinski definition) is 1. The third-order valence-corrected chi connectivity index (χ3v) is 4.84. The summed E-state index contributed by atoms with van der Waals surface area (Å²) in [5.41, 5.74) is 1.94. The number of esters is 1. The number of nitro groups is 1. The molecular formula is C21H23N4O5+. The number of fused-ring (bicyclic) bond motifs is 1. The zero-order valence-electron chi connectivity index (χ0n) is 17.0. The summed E-state index contributed by atoms with van der Waals surface area (Å²) in [4.78, 5) is 35.5. The number of amides is 1. The number of nitrogens with zero attached hydrogens (tertiary/aromatic N) is 3. The molecule has 0 unspecified atom stereocenters. The maximum absolute atomic E-state index is 12.7. The molecule has 1 N–H and O–H groups in total. The van der Waals surface area contributed by atoms with Crippen LogP contribution in [0.3, 0.4) is 0 Å². The molecule has 2 aromatic carbocycles. The Morgan fingerprint density at radius 1 is 1.20 bits per heavy atom. The molecule has 156 valence electrons. The van der Waals surface area contributed by atoms with Crippen molar-refractivity contribution in [2.45, 2.75) is 33.9 Å². The maximum atomic E-state index is 12.7. The number of anilines is 1. The molecule has 1 heterocycles. The highest BCUT2D eigenvalue weighted by atomic mass is 16.6. The summed E-state index contributed by atoms with van der Waals surface area (Å²) in [6.45, 7) is 6.49. The number of ether oxygens (including phenoxy) is 1. The first-order valence-corrected chi connectivity index (χ1v) is 9.60. The fourth-order valence-electron chi connectivity index (χ4n) is 3.47. The highest BCUT2D eigenvalue weighted by molar-refractivity contribution is 5.95. The van der Waals surface area contributed by atoms with Crippen molar-refractivity contribution in [1.29, 1.82) is 0 Å². The SMILES string of the molecule is CCOC(=O)c1ccc2c(c1)n(CC(=O)Nc1ccccc1[N+](=O)[O-])c(C)[n+]2CC. The Morgan fingerprint density at radius 3 is 2.60 bits per heavy atom. The first-order chi connectivity index (χ1) is 14.4. The van der Waals surface area contributed by atoms with Crippen LogP contribution in [-0.2, 0) is 22.6 Å². The first-order valence-electron chi connectivity index (χ1n) is 9.60. The van der Waals surface area contributed by atoms with Gasteiger partial charge in [0.05, 0.1) is 23.6 Å². The molecule has 9 heteroatoms. The van der Waals surface area contributed by atoms with E-state index in [-0.39, 0.29) is 24.5 Å². The molecule has 0 atom stereocenters. The second-order valence-electron chi connectivity index (χ2n) is 6.62. The molecule has 0 fully saturated rings. The van der Waals surface area contributed by atoms with Gasteiger partial charge < -0.3 is 10.1 Å². The Balaban J connectivity index is 1.97. The number of nitro benzene ring substituents is 1. The lowest BCUT2D eigenvalue weighted by molar-refractivity contribution is -0.674. The van der Waals surface area contributed by atoms with E-state index in [1.54, 1.807) is 35.8 Å². The zero-order valence-corrected chi connectivity index (χ0v) is 17.0. The summed E-state index contributed by atoms with van der Waals surface area (Å²) in [6.07, 6.45) is 0. The average molecular weight is 411 g/mol. The summed E-state index contributed by atoms with van der Waals surface area (Å²) in [5.74, 6) is -0.0162. The van der Waals surface area contributed by atoms with Crippen molar-refractivity contribution >= 4 is 34.3 Å². The van der Waals surface area contributed by atoms with Crippen LogP contribution < -0.4 is 9.88 Å². The molecule has 1 amide bonds. The molecular weight excluding hydrogens is 388 g/mol. The summed E-state index contributed by atoms with van der Waals surface area (Å²) in [7, 11) is 0. The first kappa shape index (κ1) is 21.0. The summed E-state index contributed by atoms with van der Waals surface area (Å²) >= 11 is 0. The van der Waals surface area contributed by atoms with Gasteiger partial charge in [0, 0.05) is 19.1 Å². The molecule has 3 rings (SSSR count). The molecule has 9 nitrogen and oxygen atoms in total. The van der Waals surface area contributed by atoms with Crippen molar-refractivity contribution in [1.82, 2.24) is 4.57 Å². The lowest BCUT2D eigenvalue weighted by Crippen LogP contribution is -2.35. The number of benzene rings is 2. The van der Waals surface area contributed by atoms with Gasteiger partial charge in [-0.3, -0.25) is 14.9 Å². The van der Waals surface area contributed by atoms with Gasteiger partial charge in [0.15, 0.2) is 17.6 Å². The lowest BCUT2D eigenvalue weighted by atomic mass is 10.2. The smallest absolute Gasteiger partial charge is 0.338 e. The topological polar surface area (TPSA) is 107 Å². The molecule has 0 aliphatic rings. The maximum Gasteiger partial charge on any atom is 0.338 e. The predicted molar refractivity (Wildman–Crippen MR) is 110 cm³/mol. The van der Waals surface area contributed by atoms with E-state index in [1.165, 1.54) is 12.1 Å². The van der Waals surface area contributed by atoms with Crippen LogP contribution in [0, 0.1) is 17.0 Å². The second kappa shape index (κ2) is 8.73. The van der Waals surface area contributed by atoms with Crippen molar-refractivity contribution in [3.05, 3.63) is 64.0 Å². The lowest BCUT2D eigenvalue weighted by Gasteiger charge is -2.06.